The lowest BCUT2D eigenvalue weighted by Crippen LogP contribution is -2.32. The molecule has 4 rings (SSSR count). The first-order chi connectivity index (χ1) is 16.8. The summed E-state index contributed by atoms with van der Waals surface area (Å²) in [5.74, 6) is -1.21. The van der Waals surface area contributed by atoms with Gasteiger partial charge in [-0.15, -0.1) is 0 Å². The number of hydrogen-bond donors (Lipinski definition) is 3. The topological polar surface area (TPSA) is 115 Å². The number of fused-ring (bicyclic) bond motifs is 1. The number of rotatable bonds is 7. The molecule has 1 amide bonds. The van der Waals surface area contributed by atoms with Gasteiger partial charge in [0.1, 0.15) is 11.4 Å². The van der Waals surface area contributed by atoms with Gasteiger partial charge in [-0.3, -0.25) is 9.79 Å². The fourth-order valence-corrected chi connectivity index (χ4v) is 3.68. The molecule has 0 atom stereocenters. The first kappa shape index (κ1) is 24.2. The van der Waals surface area contributed by atoms with Crippen LogP contribution >= 0.6 is 0 Å². The van der Waals surface area contributed by atoms with Crippen molar-refractivity contribution in [1.29, 1.82) is 5.26 Å². The Bertz CT molecular complexity index is 1250. The van der Waals surface area contributed by atoms with E-state index in [1.54, 1.807) is 13.8 Å². The van der Waals surface area contributed by atoms with Crippen molar-refractivity contribution < 1.29 is 9.18 Å². The molecule has 35 heavy (non-hydrogen) atoms. The fraction of sp³-hybridized carbons (Fsp3) is 0.346. The number of nitrogens with one attached hydrogen (secondary N) is 3. The summed E-state index contributed by atoms with van der Waals surface area (Å²) in [6.45, 7) is 8.54. The summed E-state index contributed by atoms with van der Waals surface area (Å²) in [4.78, 5) is 25.6. The van der Waals surface area contributed by atoms with Crippen LogP contribution in [0.4, 0.5) is 15.9 Å². The number of carbonyl (C=O) groups is 1. The van der Waals surface area contributed by atoms with Gasteiger partial charge in [0.05, 0.1) is 17.2 Å². The third-order valence-corrected chi connectivity index (χ3v) is 5.95. The molecule has 1 fully saturated rings. The van der Waals surface area contributed by atoms with Crippen molar-refractivity contribution in [2.24, 2.45) is 9.98 Å². The molecule has 180 valence electrons. The van der Waals surface area contributed by atoms with Crippen molar-refractivity contribution >= 4 is 30.0 Å². The van der Waals surface area contributed by atoms with Crippen molar-refractivity contribution in [3.8, 4) is 6.07 Å². The van der Waals surface area contributed by atoms with E-state index in [1.807, 2.05) is 18.2 Å². The van der Waals surface area contributed by atoms with E-state index in [0.29, 0.717) is 11.4 Å². The molecular weight excluding hydrogens is 445 g/mol. The normalized spacial score (nSPS) is 16.2. The third-order valence-electron chi connectivity index (χ3n) is 5.95. The van der Waals surface area contributed by atoms with Gasteiger partial charge in [0, 0.05) is 24.5 Å². The van der Waals surface area contributed by atoms with Crippen molar-refractivity contribution in [3.63, 3.8) is 0 Å². The number of aliphatic imine (C=N–C) groups is 2. The standard InChI is InChI=1S/C26H28FN7O/c1-26(2,15-28)22-9-8-21(27)24(33-22)34-23(20(14-29-3)25(35)32-18-6-7-18)31-19-5-4-17-13-30-11-10-16(17)12-19/h4-5,8-9,12,14,18,30H,3,6-7,10-11,13H2,1-2H3,(H,32,35)(H,31,33,34)/b20-14+. The van der Waals surface area contributed by atoms with Crippen LogP contribution < -0.4 is 16.0 Å². The maximum Gasteiger partial charge on any atom is 0.256 e. The second kappa shape index (κ2) is 10.2. The van der Waals surface area contributed by atoms with Crippen LogP contribution in [0.5, 0.6) is 0 Å². The van der Waals surface area contributed by atoms with E-state index < -0.39 is 11.2 Å². The summed E-state index contributed by atoms with van der Waals surface area (Å²) >= 11 is 0. The smallest absolute Gasteiger partial charge is 0.256 e. The Labute approximate surface area is 204 Å². The van der Waals surface area contributed by atoms with Gasteiger partial charge in [0.15, 0.2) is 11.6 Å². The van der Waals surface area contributed by atoms with Crippen LogP contribution in [0.1, 0.15) is 43.5 Å². The Morgan fingerprint density at radius 3 is 2.83 bits per heavy atom. The number of nitriles is 1. The molecule has 1 aliphatic carbocycles. The van der Waals surface area contributed by atoms with Gasteiger partial charge in [-0.25, -0.2) is 14.4 Å². The van der Waals surface area contributed by atoms with Gasteiger partial charge < -0.3 is 16.0 Å². The van der Waals surface area contributed by atoms with Crippen molar-refractivity contribution in [2.45, 2.75) is 51.1 Å². The Kier molecular flexibility index (Phi) is 7.03. The van der Waals surface area contributed by atoms with Gasteiger partial charge in [-0.1, -0.05) is 6.07 Å². The Hall–Kier alpha value is -3.90. The monoisotopic (exact) mass is 473 g/mol. The molecule has 0 unspecified atom stereocenters. The van der Waals surface area contributed by atoms with Crippen LogP contribution in [-0.4, -0.2) is 36.0 Å². The van der Waals surface area contributed by atoms with E-state index in [1.165, 1.54) is 29.5 Å². The molecule has 1 saturated carbocycles. The quantitative estimate of drug-likeness (QED) is 0.322. The van der Waals surface area contributed by atoms with Crippen LogP contribution in [0.25, 0.3) is 0 Å². The number of hydrogen-bond acceptors (Lipinski definition) is 6. The summed E-state index contributed by atoms with van der Waals surface area (Å²) in [7, 11) is 0. The minimum atomic E-state index is -0.942. The molecule has 0 radical (unpaired) electrons. The first-order valence-corrected chi connectivity index (χ1v) is 11.5. The van der Waals surface area contributed by atoms with E-state index in [2.05, 4.69) is 43.7 Å². The molecule has 0 bridgehead atoms. The Morgan fingerprint density at radius 2 is 2.11 bits per heavy atom. The number of benzene rings is 1. The minimum absolute atomic E-state index is 0.0859. The fourth-order valence-electron chi connectivity index (χ4n) is 3.68. The average molecular weight is 474 g/mol. The number of anilines is 1. The van der Waals surface area contributed by atoms with Crippen LogP contribution in [0.15, 0.2) is 52.1 Å². The highest BCUT2D eigenvalue weighted by molar-refractivity contribution is 6.25. The summed E-state index contributed by atoms with van der Waals surface area (Å²) in [6.07, 6.45) is 3.98. The van der Waals surface area contributed by atoms with Gasteiger partial charge in [-0.2, -0.15) is 5.26 Å². The molecule has 2 heterocycles. The van der Waals surface area contributed by atoms with Gasteiger partial charge in [0.2, 0.25) is 0 Å². The number of amidine groups is 1. The predicted octanol–water partition coefficient (Wildman–Crippen LogP) is 3.67. The van der Waals surface area contributed by atoms with Gasteiger partial charge >= 0.3 is 0 Å². The molecule has 3 N–H and O–H groups in total. The van der Waals surface area contributed by atoms with E-state index in [-0.39, 0.29) is 29.2 Å². The SMILES string of the molecule is C=N/C=C(C(=O)NC1CC1)\C(=N\c1nc(C(C)(C)C#N)ccc1F)Nc1ccc2c(c1)CCNC2. The maximum absolute atomic E-state index is 14.8. The van der Waals surface area contributed by atoms with Gasteiger partial charge in [0.25, 0.3) is 5.91 Å². The Balaban J connectivity index is 1.78. The molecule has 9 heteroatoms. The summed E-state index contributed by atoms with van der Waals surface area (Å²) in [5, 5.41) is 18.9. The summed E-state index contributed by atoms with van der Waals surface area (Å²) in [6, 6.07) is 10.8. The molecule has 0 spiro atoms. The van der Waals surface area contributed by atoms with E-state index in [4.69, 9.17) is 0 Å². The number of nitrogens with zero attached hydrogens (tertiary/aromatic N) is 4. The zero-order valence-corrected chi connectivity index (χ0v) is 19.9. The van der Waals surface area contributed by atoms with Gasteiger partial charge in [-0.05, 0) is 81.8 Å². The molecule has 1 aromatic carbocycles. The van der Waals surface area contributed by atoms with Crippen molar-refractivity contribution in [2.75, 3.05) is 11.9 Å². The maximum atomic E-state index is 14.8. The molecule has 2 aliphatic rings. The lowest BCUT2D eigenvalue weighted by molar-refractivity contribution is -0.117. The zero-order chi connectivity index (χ0) is 25.0. The highest BCUT2D eigenvalue weighted by atomic mass is 19.1. The summed E-state index contributed by atoms with van der Waals surface area (Å²) in [5.41, 5.74) is 2.63. The molecule has 1 aromatic heterocycles. The van der Waals surface area contributed by atoms with E-state index >= 15 is 0 Å². The second-order valence-corrected chi connectivity index (χ2v) is 9.21. The lowest BCUT2D eigenvalue weighted by Gasteiger charge is -2.19. The number of aromatic nitrogens is 1. The largest absolute Gasteiger partial charge is 0.349 e. The number of halogens is 1. The molecule has 1 aliphatic heterocycles. The van der Waals surface area contributed by atoms with Crippen LogP contribution in [0, 0.1) is 17.1 Å². The van der Waals surface area contributed by atoms with E-state index in [9.17, 15) is 14.4 Å². The predicted molar refractivity (Wildman–Crippen MR) is 134 cm³/mol. The van der Waals surface area contributed by atoms with Crippen LogP contribution in [-0.2, 0) is 23.2 Å². The minimum Gasteiger partial charge on any atom is -0.349 e. The number of amides is 1. The second-order valence-electron chi connectivity index (χ2n) is 9.21. The van der Waals surface area contributed by atoms with Crippen molar-refractivity contribution in [3.05, 3.63) is 64.7 Å². The van der Waals surface area contributed by atoms with Crippen LogP contribution in [0.3, 0.4) is 0 Å². The highest BCUT2D eigenvalue weighted by Gasteiger charge is 2.28. The molecule has 2 aromatic rings. The highest BCUT2D eigenvalue weighted by Crippen LogP contribution is 2.26. The lowest BCUT2D eigenvalue weighted by atomic mass is 9.91. The molecule has 8 nitrogen and oxygen atoms in total. The zero-order valence-electron chi connectivity index (χ0n) is 19.9. The first-order valence-electron chi connectivity index (χ1n) is 11.5. The van der Waals surface area contributed by atoms with Crippen LogP contribution in [0.2, 0.25) is 0 Å². The molecule has 0 saturated heterocycles. The number of carbonyl (C=O) groups excluding carboxylic acids is 1. The number of pyridine rings is 1. The summed E-state index contributed by atoms with van der Waals surface area (Å²) < 4.78 is 14.8. The Morgan fingerprint density at radius 1 is 1.31 bits per heavy atom. The third kappa shape index (κ3) is 5.78. The van der Waals surface area contributed by atoms with E-state index in [0.717, 1.165) is 32.4 Å². The molecular formula is C26H28FN7O. The van der Waals surface area contributed by atoms with Crippen molar-refractivity contribution in [1.82, 2.24) is 15.6 Å². The average Bonchev–Trinajstić information content (AvgIpc) is 3.67.